The summed E-state index contributed by atoms with van der Waals surface area (Å²) in [5.41, 5.74) is 1.49. The first-order valence-corrected chi connectivity index (χ1v) is 8.82. The van der Waals surface area contributed by atoms with Gasteiger partial charge in [0.25, 0.3) is 0 Å². The van der Waals surface area contributed by atoms with Gasteiger partial charge in [-0.2, -0.15) is 0 Å². The van der Waals surface area contributed by atoms with Gasteiger partial charge < -0.3 is 20.1 Å². The summed E-state index contributed by atoms with van der Waals surface area (Å²) in [6.07, 6.45) is 0. The third-order valence-corrected chi connectivity index (χ3v) is 4.29. The lowest BCUT2D eigenvalue weighted by Crippen LogP contribution is -2.32. The lowest BCUT2D eigenvalue weighted by molar-refractivity contribution is 0.246. The molecule has 3 rings (SSSR count). The van der Waals surface area contributed by atoms with Crippen molar-refractivity contribution in [3.05, 3.63) is 53.9 Å². The van der Waals surface area contributed by atoms with Crippen LogP contribution in [-0.4, -0.2) is 36.5 Å². The summed E-state index contributed by atoms with van der Waals surface area (Å²) in [5.74, 6) is 1.15. The number of anilines is 1. The molecule has 134 valence electrons. The Labute approximate surface area is 155 Å². The van der Waals surface area contributed by atoms with Crippen LogP contribution in [0.3, 0.4) is 0 Å². The molecule has 0 aliphatic heterocycles. The van der Waals surface area contributed by atoms with E-state index in [0.29, 0.717) is 24.7 Å². The van der Waals surface area contributed by atoms with Gasteiger partial charge in [0.2, 0.25) is 5.88 Å². The molecule has 0 atom stereocenters. The van der Waals surface area contributed by atoms with Crippen molar-refractivity contribution in [1.29, 1.82) is 0 Å². The molecule has 26 heavy (non-hydrogen) atoms. The Balaban J connectivity index is 1.38. The van der Waals surface area contributed by atoms with Crippen LogP contribution in [-0.2, 0) is 0 Å². The van der Waals surface area contributed by atoms with Crippen LogP contribution in [0.4, 0.5) is 10.5 Å². The minimum atomic E-state index is -0.308. The molecule has 7 nitrogen and oxygen atoms in total. The van der Waals surface area contributed by atoms with Crippen molar-refractivity contribution in [2.75, 3.05) is 25.6 Å². The van der Waals surface area contributed by atoms with Crippen LogP contribution in [0.15, 0.2) is 53.9 Å². The summed E-state index contributed by atoms with van der Waals surface area (Å²) in [5, 5.41) is 15.6. The van der Waals surface area contributed by atoms with E-state index in [0.717, 1.165) is 16.3 Å². The topological polar surface area (TPSA) is 85.4 Å². The molecule has 2 amide bonds. The second-order valence-corrected chi connectivity index (χ2v) is 6.14. The van der Waals surface area contributed by atoms with Crippen molar-refractivity contribution < 1.29 is 14.3 Å². The number of carbonyl (C=O) groups excluding carboxylic acids is 1. The minimum Gasteiger partial charge on any atom is -0.497 e. The minimum absolute atomic E-state index is 0.295. The maximum absolute atomic E-state index is 11.8. The Hall–Kier alpha value is -3.13. The van der Waals surface area contributed by atoms with Gasteiger partial charge in [-0.15, -0.1) is 21.5 Å². The third-order valence-electron chi connectivity index (χ3n) is 3.40. The molecule has 0 bridgehead atoms. The second-order valence-electron chi connectivity index (χ2n) is 5.19. The van der Waals surface area contributed by atoms with E-state index in [1.165, 1.54) is 0 Å². The van der Waals surface area contributed by atoms with Gasteiger partial charge in [-0.1, -0.05) is 6.07 Å². The molecule has 2 aromatic heterocycles. The van der Waals surface area contributed by atoms with Crippen molar-refractivity contribution in [3.63, 3.8) is 0 Å². The average molecular weight is 370 g/mol. The number of nitrogens with one attached hydrogen (secondary N) is 2. The van der Waals surface area contributed by atoms with E-state index in [4.69, 9.17) is 9.47 Å². The van der Waals surface area contributed by atoms with Crippen molar-refractivity contribution in [2.45, 2.75) is 0 Å². The van der Waals surface area contributed by atoms with Crippen LogP contribution < -0.4 is 20.1 Å². The van der Waals surface area contributed by atoms with Crippen LogP contribution in [0.2, 0.25) is 0 Å². The van der Waals surface area contributed by atoms with Crippen LogP contribution in [0.5, 0.6) is 11.6 Å². The summed E-state index contributed by atoms with van der Waals surface area (Å²) in [7, 11) is 1.59. The Kier molecular flexibility index (Phi) is 6.00. The monoisotopic (exact) mass is 370 g/mol. The number of methoxy groups -OCH3 is 1. The van der Waals surface area contributed by atoms with Gasteiger partial charge in [-0.25, -0.2) is 4.79 Å². The maximum Gasteiger partial charge on any atom is 0.319 e. The molecular weight excluding hydrogens is 352 g/mol. The number of urea groups is 1. The molecule has 8 heteroatoms. The van der Waals surface area contributed by atoms with Gasteiger partial charge in [0.15, 0.2) is 0 Å². The fourth-order valence-corrected chi connectivity index (χ4v) is 2.81. The molecule has 0 fully saturated rings. The molecule has 0 radical (unpaired) electrons. The van der Waals surface area contributed by atoms with E-state index in [1.54, 1.807) is 48.8 Å². The van der Waals surface area contributed by atoms with Crippen LogP contribution in [0, 0.1) is 0 Å². The highest BCUT2D eigenvalue weighted by atomic mass is 32.1. The van der Waals surface area contributed by atoms with Crippen molar-refractivity contribution in [3.8, 4) is 22.2 Å². The molecule has 0 saturated heterocycles. The summed E-state index contributed by atoms with van der Waals surface area (Å²) in [6, 6.07) is 14.3. The van der Waals surface area contributed by atoms with Gasteiger partial charge in [-0.3, -0.25) is 0 Å². The first-order chi connectivity index (χ1) is 12.7. The van der Waals surface area contributed by atoms with E-state index >= 15 is 0 Å². The normalized spacial score (nSPS) is 10.2. The molecule has 3 aromatic rings. The standard InChI is InChI=1S/C18H18N4O3S/c1-24-14-6-4-13(5-7-14)20-18(23)19-10-11-25-17-9-8-15(21-22-17)16-3-2-12-26-16/h2-9,12H,10-11H2,1H3,(H2,19,20,23). The summed E-state index contributed by atoms with van der Waals surface area (Å²) in [6.45, 7) is 0.638. The Morgan fingerprint density at radius 3 is 2.62 bits per heavy atom. The number of hydrogen-bond acceptors (Lipinski definition) is 6. The Bertz CT molecular complexity index is 821. The Morgan fingerprint density at radius 1 is 1.12 bits per heavy atom. The largest absolute Gasteiger partial charge is 0.497 e. The van der Waals surface area contributed by atoms with Gasteiger partial charge in [0.1, 0.15) is 18.1 Å². The Morgan fingerprint density at radius 2 is 1.96 bits per heavy atom. The second kappa shape index (κ2) is 8.82. The van der Waals surface area contributed by atoms with E-state index < -0.39 is 0 Å². The van der Waals surface area contributed by atoms with Crippen LogP contribution >= 0.6 is 11.3 Å². The highest BCUT2D eigenvalue weighted by Gasteiger charge is 2.04. The number of hydrogen-bond donors (Lipinski definition) is 2. The maximum atomic E-state index is 11.8. The van der Waals surface area contributed by atoms with E-state index in [-0.39, 0.29) is 6.03 Å². The van der Waals surface area contributed by atoms with Crippen LogP contribution in [0.25, 0.3) is 10.6 Å². The average Bonchev–Trinajstić information content (AvgIpc) is 3.21. The quantitative estimate of drug-likeness (QED) is 0.623. The molecule has 1 aromatic carbocycles. The first kappa shape index (κ1) is 17.7. The predicted molar refractivity (Wildman–Crippen MR) is 101 cm³/mol. The smallest absolute Gasteiger partial charge is 0.319 e. The summed E-state index contributed by atoms with van der Waals surface area (Å²) < 4.78 is 10.5. The van der Waals surface area contributed by atoms with Crippen molar-refractivity contribution in [2.24, 2.45) is 0 Å². The molecule has 2 N–H and O–H groups in total. The SMILES string of the molecule is COc1ccc(NC(=O)NCCOc2ccc(-c3cccs3)nn2)cc1. The fraction of sp³-hybridized carbons (Fsp3) is 0.167. The summed E-state index contributed by atoms with van der Waals surface area (Å²) in [4.78, 5) is 12.9. The number of aromatic nitrogens is 2. The molecule has 0 unspecified atom stereocenters. The number of thiophene rings is 1. The number of ether oxygens (including phenoxy) is 2. The number of amides is 2. The predicted octanol–water partition coefficient (Wildman–Crippen LogP) is 3.41. The van der Waals surface area contributed by atoms with Gasteiger partial charge >= 0.3 is 6.03 Å². The van der Waals surface area contributed by atoms with Crippen molar-refractivity contribution in [1.82, 2.24) is 15.5 Å². The highest BCUT2D eigenvalue weighted by Crippen LogP contribution is 2.22. The zero-order valence-electron chi connectivity index (χ0n) is 14.1. The number of benzene rings is 1. The van der Waals surface area contributed by atoms with E-state index in [1.807, 2.05) is 23.6 Å². The fourth-order valence-electron chi connectivity index (χ4n) is 2.12. The zero-order valence-corrected chi connectivity index (χ0v) is 15.0. The van der Waals surface area contributed by atoms with Gasteiger partial charge in [0, 0.05) is 11.8 Å². The van der Waals surface area contributed by atoms with Crippen molar-refractivity contribution >= 4 is 23.1 Å². The number of carbonyl (C=O) groups is 1. The van der Waals surface area contributed by atoms with Gasteiger partial charge in [-0.05, 0) is 41.8 Å². The molecule has 2 heterocycles. The lowest BCUT2D eigenvalue weighted by Gasteiger charge is -2.09. The number of nitrogens with zero attached hydrogens (tertiary/aromatic N) is 2. The first-order valence-electron chi connectivity index (χ1n) is 7.94. The van der Waals surface area contributed by atoms with E-state index in [9.17, 15) is 4.79 Å². The lowest BCUT2D eigenvalue weighted by atomic mass is 10.3. The highest BCUT2D eigenvalue weighted by molar-refractivity contribution is 7.13. The van der Waals surface area contributed by atoms with E-state index in [2.05, 4.69) is 20.8 Å². The zero-order chi connectivity index (χ0) is 18.2. The van der Waals surface area contributed by atoms with Gasteiger partial charge in [0.05, 0.1) is 18.5 Å². The third kappa shape index (κ3) is 4.93. The summed E-state index contributed by atoms with van der Waals surface area (Å²) >= 11 is 1.60. The van der Waals surface area contributed by atoms with Crippen LogP contribution in [0.1, 0.15) is 0 Å². The number of rotatable bonds is 7. The molecule has 0 aliphatic carbocycles. The molecule has 0 aliphatic rings. The molecule has 0 spiro atoms. The molecule has 0 saturated carbocycles. The molecular formula is C18H18N4O3S.